The van der Waals surface area contributed by atoms with Crippen molar-refractivity contribution in [3.8, 4) is 5.75 Å². The van der Waals surface area contributed by atoms with Gasteiger partial charge in [0.15, 0.2) is 0 Å². The van der Waals surface area contributed by atoms with Crippen molar-refractivity contribution in [3.05, 3.63) is 69.8 Å². The molecule has 1 fully saturated rings. The molecular weight excluding hydrogens is 506 g/mol. The lowest BCUT2D eigenvalue weighted by Crippen LogP contribution is -2.48. The molecule has 0 bridgehead atoms. The molecule has 0 radical (unpaired) electrons. The van der Waals surface area contributed by atoms with E-state index < -0.39 is 11.9 Å². The summed E-state index contributed by atoms with van der Waals surface area (Å²) in [4.78, 5) is 24.0. The highest BCUT2D eigenvalue weighted by Crippen LogP contribution is 2.50. The number of anilines is 1. The van der Waals surface area contributed by atoms with Crippen LogP contribution in [0.3, 0.4) is 0 Å². The fourth-order valence-corrected chi connectivity index (χ4v) is 5.52. The highest BCUT2D eigenvalue weighted by atomic mass is 35.5. The van der Waals surface area contributed by atoms with E-state index in [0.717, 1.165) is 61.8 Å². The largest absolute Gasteiger partial charge is 0.507 e. The summed E-state index contributed by atoms with van der Waals surface area (Å²) in [5.74, 6) is -2.03. The molecule has 38 heavy (non-hydrogen) atoms. The Bertz CT molecular complexity index is 1170. The molecule has 9 heteroatoms. The molecule has 1 heterocycles. The van der Waals surface area contributed by atoms with E-state index in [0.29, 0.717) is 17.9 Å². The quantitative estimate of drug-likeness (QED) is 0.380. The van der Waals surface area contributed by atoms with Crippen molar-refractivity contribution >= 4 is 29.2 Å². The lowest BCUT2D eigenvalue weighted by Gasteiger charge is -2.37. The summed E-state index contributed by atoms with van der Waals surface area (Å²) in [6.07, 6.45) is 2.13. The molecule has 1 aliphatic carbocycles. The number of phenolic OH excluding ortho intramolecular Hbond substituents is 1. The molecule has 4 N–H and O–H groups in total. The van der Waals surface area contributed by atoms with Crippen molar-refractivity contribution in [2.45, 2.75) is 40.2 Å². The SMILES string of the molecule is Cc1cc(C)c2c(c1O)C(NCCN1CCN(c3cccc(Cl)c3)CC1)C(C)(C)C2.O=C(O)/C=C/C(=O)O. The minimum absolute atomic E-state index is 0.101. The monoisotopic (exact) mass is 543 g/mol. The first-order valence-corrected chi connectivity index (χ1v) is 13.2. The van der Waals surface area contributed by atoms with Crippen LogP contribution in [0.1, 0.15) is 42.1 Å². The van der Waals surface area contributed by atoms with Gasteiger partial charge in [0.2, 0.25) is 0 Å². The van der Waals surface area contributed by atoms with Gasteiger partial charge in [-0.1, -0.05) is 37.6 Å². The van der Waals surface area contributed by atoms with Crippen LogP contribution in [0.2, 0.25) is 5.02 Å². The number of hydrogen-bond acceptors (Lipinski definition) is 6. The number of piperazine rings is 1. The normalized spacial score (nSPS) is 18.7. The first-order chi connectivity index (χ1) is 17.9. The highest BCUT2D eigenvalue weighted by Gasteiger charge is 2.41. The molecule has 1 aliphatic heterocycles. The number of fused-ring (bicyclic) bond motifs is 1. The van der Waals surface area contributed by atoms with E-state index in [-0.39, 0.29) is 11.5 Å². The number of benzene rings is 2. The molecule has 1 atom stereocenters. The molecule has 0 aromatic heterocycles. The van der Waals surface area contributed by atoms with Crippen LogP contribution < -0.4 is 10.2 Å². The molecule has 1 unspecified atom stereocenters. The number of nitrogens with one attached hydrogen (secondary N) is 1. The Morgan fingerprint density at radius 1 is 1.05 bits per heavy atom. The van der Waals surface area contributed by atoms with Gasteiger partial charge in [0.05, 0.1) is 0 Å². The fourth-order valence-electron chi connectivity index (χ4n) is 5.33. The Kier molecular flexibility index (Phi) is 9.82. The van der Waals surface area contributed by atoms with E-state index in [2.05, 4.69) is 54.1 Å². The zero-order valence-corrected chi connectivity index (χ0v) is 23.3. The molecule has 1 saturated heterocycles. The van der Waals surface area contributed by atoms with Crippen molar-refractivity contribution in [1.29, 1.82) is 0 Å². The van der Waals surface area contributed by atoms with Gasteiger partial charge >= 0.3 is 11.9 Å². The van der Waals surface area contributed by atoms with Gasteiger partial charge in [0.1, 0.15) is 5.75 Å². The van der Waals surface area contributed by atoms with Crippen molar-refractivity contribution in [1.82, 2.24) is 10.2 Å². The van der Waals surface area contributed by atoms with Gasteiger partial charge in [-0.05, 0) is 60.6 Å². The molecule has 2 aromatic rings. The second-order valence-corrected chi connectivity index (χ2v) is 11.1. The van der Waals surface area contributed by atoms with Crippen LogP contribution in [-0.2, 0) is 16.0 Å². The molecule has 2 aliphatic rings. The minimum Gasteiger partial charge on any atom is -0.507 e. The Morgan fingerprint density at radius 3 is 2.26 bits per heavy atom. The number of aryl methyl sites for hydroxylation is 2. The van der Waals surface area contributed by atoms with Crippen LogP contribution in [0, 0.1) is 19.3 Å². The highest BCUT2D eigenvalue weighted by molar-refractivity contribution is 6.30. The van der Waals surface area contributed by atoms with E-state index in [1.807, 2.05) is 19.1 Å². The molecule has 0 saturated carbocycles. The number of aliphatic carboxylic acids is 2. The van der Waals surface area contributed by atoms with E-state index in [1.165, 1.54) is 16.8 Å². The number of aromatic hydroxyl groups is 1. The summed E-state index contributed by atoms with van der Waals surface area (Å²) in [5.41, 5.74) is 6.05. The first-order valence-electron chi connectivity index (χ1n) is 12.8. The Morgan fingerprint density at radius 2 is 1.68 bits per heavy atom. The third-order valence-corrected chi connectivity index (χ3v) is 7.49. The van der Waals surface area contributed by atoms with Crippen molar-refractivity contribution in [3.63, 3.8) is 0 Å². The Balaban J connectivity index is 0.000000436. The lowest BCUT2D eigenvalue weighted by molar-refractivity contribution is -0.134. The van der Waals surface area contributed by atoms with Crippen LogP contribution >= 0.6 is 11.6 Å². The van der Waals surface area contributed by atoms with Crippen LogP contribution in [0.5, 0.6) is 5.75 Å². The third kappa shape index (κ3) is 7.49. The number of hydrogen-bond donors (Lipinski definition) is 4. The smallest absolute Gasteiger partial charge is 0.328 e. The number of rotatable bonds is 7. The summed E-state index contributed by atoms with van der Waals surface area (Å²) >= 11 is 6.15. The third-order valence-electron chi connectivity index (χ3n) is 7.26. The number of phenols is 1. The molecular formula is C29H38ClN3O5. The van der Waals surface area contributed by atoms with Crippen molar-refractivity contribution in [2.75, 3.05) is 44.2 Å². The molecule has 8 nitrogen and oxygen atoms in total. The van der Waals surface area contributed by atoms with Crippen LogP contribution in [0.25, 0.3) is 0 Å². The number of nitrogens with zero attached hydrogens (tertiary/aromatic N) is 2. The van der Waals surface area contributed by atoms with Crippen LogP contribution in [0.4, 0.5) is 5.69 Å². The van der Waals surface area contributed by atoms with Crippen LogP contribution in [-0.4, -0.2) is 71.4 Å². The van der Waals surface area contributed by atoms with Gasteiger partial charge in [0.25, 0.3) is 0 Å². The van der Waals surface area contributed by atoms with Gasteiger partial charge in [-0.15, -0.1) is 0 Å². The molecule has 0 spiro atoms. The second kappa shape index (κ2) is 12.7. The Hall–Kier alpha value is -3.07. The lowest BCUT2D eigenvalue weighted by atomic mass is 9.85. The average Bonchev–Trinajstić information content (AvgIpc) is 3.13. The van der Waals surface area contributed by atoms with Gasteiger partial charge in [0, 0.05) is 73.7 Å². The summed E-state index contributed by atoms with van der Waals surface area (Å²) in [6, 6.07) is 10.4. The summed E-state index contributed by atoms with van der Waals surface area (Å²) in [7, 11) is 0. The maximum Gasteiger partial charge on any atom is 0.328 e. The molecule has 206 valence electrons. The van der Waals surface area contributed by atoms with Gasteiger partial charge in [-0.2, -0.15) is 0 Å². The second-order valence-electron chi connectivity index (χ2n) is 10.6. The maximum absolute atomic E-state index is 10.8. The number of carboxylic acids is 2. The maximum atomic E-state index is 10.8. The average molecular weight is 544 g/mol. The predicted molar refractivity (Wildman–Crippen MR) is 150 cm³/mol. The number of halogens is 1. The zero-order chi connectivity index (χ0) is 28.0. The zero-order valence-electron chi connectivity index (χ0n) is 22.5. The first kappa shape index (κ1) is 29.5. The molecule has 4 rings (SSSR count). The van der Waals surface area contributed by atoms with E-state index in [9.17, 15) is 14.7 Å². The molecule has 2 aromatic carbocycles. The topological polar surface area (TPSA) is 113 Å². The number of carbonyl (C=O) groups is 2. The van der Waals surface area contributed by atoms with Gasteiger partial charge in [-0.25, -0.2) is 9.59 Å². The summed E-state index contributed by atoms with van der Waals surface area (Å²) in [5, 5.41) is 31.0. The Labute approximate surface area is 229 Å². The van der Waals surface area contributed by atoms with Gasteiger partial charge in [-0.3, -0.25) is 4.90 Å². The van der Waals surface area contributed by atoms with Gasteiger partial charge < -0.3 is 25.5 Å². The molecule has 0 amide bonds. The van der Waals surface area contributed by atoms with Crippen molar-refractivity contribution < 1.29 is 24.9 Å². The van der Waals surface area contributed by atoms with E-state index >= 15 is 0 Å². The van der Waals surface area contributed by atoms with Crippen molar-refractivity contribution in [2.24, 2.45) is 5.41 Å². The number of carboxylic acid groups (broad SMARTS) is 2. The summed E-state index contributed by atoms with van der Waals surface area (Å²) in [6.45, 7) is 14.9. The van der Waals surface area contributed by atoms with E-state index in [4.69, 9.17) is 21.8 Å². The predicted octanol–water partition coefficient (Wildman–Crippen LogP) is 4.41. The minimum atomic E-state index is -1.26. The standard InChI is InChI=1S/C25H34ClN3O.C4H4O4/c1-17-14-18(2)23(30)22-21(17)16-25(3,4)24(22)27-8-9-28-10-12-29(13-11-28)20-7-5-6-19(26)15-20;5-3(6)1-2-4(7)8/h5-7,14-15,24,27,30H,8-13,16H2,1-4H3;1-2H,(H,5,6)(H,7,8)/b;2-1+. The fraction of sp³-hybridized carbons (Fsp3) is 0.448. The van der Waals surface area contributed by atoms with Crippen LogP contribution in [0.15, 0.2) is 42.5 Å². The summed E-state index contributed by atoms with van der Waals surface area (Å²) < 4.78 is 0. The van der Waals surface area contributed by atoms with E-state index in [1.54, 1.807) is 0 Å².